The van der Waals surface area contributed by atoms with E-state index < -0.39 is 34.7 Å². The lowest BCUT2D eigenvalue weighted by Crippen LogP contribution is -2.18. The average molecular weight is 499 g/mol. The van der Waals surface area contributed by atoms with Gasteiger partial charge in [0.2, 0.25) is 0 Å². The highest BCUT2D eigenvalue weighted by atomic mass is 35.5. The molecule has 0 saturated heterocycles. The fourth-order valence-electron chi connectivity index (χ4n) is 3.38. The Hall–Kier alpha value is -4.16. The van der Waals surface area contributed by atoms with Gasteiger partial charge in [0.25, 0.3) is 5.91 Å². The van der Waals surface area contributed by atoms with Gasteiger partial charge in [-0.25, -0.2) is 9.07 Å². The summed E-state index contributed by atoms with van der Waals surface area (Å²) in [5, 5.41) is 14.3. The maximum Gasteiger partial charge on any atom is 0.435 e. The van der Waals surface area contributed by atoms with Gasteiger partial charge < -0.3 is 5.32 Å². The first-order chi connectivity index (χ1) is 16.7. The van der Waals surface area contributed by atoms with Crippen LogP contribution in [-0.4, -0.2) is 15.7 Å². The molecule has 1 heterocycles. The first kappa shape index (κ1) is 24.0. The van der Waals surface area contributed by atoms with Crippen LogP contribution >= 0.6 is 11.6 Å². The van der Waals surface area contributed by atoms with E-state index in [0.29, 0.717) is 11.6 Å². The van der Waals surface area contributed by atoms with Crippen LogP contribution < -0.4 is 5.32 Å². The number of amides is 1. The van der Waals surface area contributed by atoms with Crippen molar-refractivity contribution in [3.05, 3.63) is 113 Å². The third kappa shape index (κ3) is 5.18. The Bertz CT molecular complexity index is 1430. The number of aromatic nitrogens is 2. The molecule has 0 radical (unpaired) electrons. The van der Waals surface area contributed by atoms with Gasteiger partial charge in [-0.1, -0.05) is 42.5 Å². The number of halogens is 5. The normalized spacial score (nSPS) is 12.1. The second kappa shape index (κ2) is 9.60. The lowest BCUT2D eigenvalue weighted by Gasteiger charge is -2.14. The Kier molecular flexibility index (Phi) is 6.58. The minimum atomic E-state index is -4.83. The van der Waals surface area contributed by atoms with Gasteiger partial charge in [-0.15, -0.1) is 11.6 Å². The standard InChI is InChI=1S/C25H15ClF4N4O/c26-23(16-6-2-1-3-7-16)17-9-10-19(27)20(12-17)32-24(35)21-13-22(25(28,29)30)33-34(21)18-8-4-5-15(11-18)14-31/h1-13,23H,(H,32,35). The van der Waals surface area contributed by atoms with Crippen LogP contribution in [0.25, 0.3) is 5.69 Å². The number of carbonyl (C=O) groups is 1. The maximum atomic E-state index is 14.5. The number of anilines is 1. The van der Waals surface area contributed by atoms with Crippen LogP contribution in [0.15, 0.2) is 78.9 Å². The number of benzene rings is 3. The number of alkyl halides is 4. The molecule has 0 fully saturated rings. The molecule has 4 rings (SSSR count). The summed E-state index contributed by atoms with van der Waals surface area (Å²) in [4.78, 5) is 13.0. The molecule has 1 amide bonds. The van der Waals surface area contributed by atoms with Crippen molar-refractivity contribution in [2.45, 2.75) is 11.6 Å². The monoisotopic (exact) mass is 498 g/mol. The first-order valence-electron chi connectivity index (χ1n) is 10.1. The quantitative estimate of drug-likeness (QED) is 0.253. The molecule has 10 heteroatoms. The van der Waals surface area contributed by atoms with Crippen molar-refractivity contribution in [2.24, 2.45) is 0 Å². The van der Waals surface area contributed by atoms with Gasteiger partial charge in [0.15, 0.2) is 5.69 Å². The zero-order valence-electron chi connectivity index (χ0n) is 17.7. The number of nitrogens with one attached hydrogen (secondary N) is 1. The minimum absolute atomic E-state index is 0.0591. The molecule has 35 heavy (non-hydrogen) atoms. The Balaban J connectivity index is 1.71. The van der Waals surface area contributed by atoms with E-state index >= 15 is 0 Å². The Morgan fingerprint density at radius 2 is 1.74 bits per heavy atom. The fraction of sp³-hybridized carbons (Fsp3) is 0.0800. The SMILES string of the molecule is N#Cc1cccc(-n2nc(C(F)(F)F)cc2C(=O)Nc2cc(C(Cl)c3ccccc3)ccc2F)c1. The van der Waals surface area contributed by atoms with Crippen molar-refractivity contribution in [1.29, 1.82) is 5.26 Å². The van der Waals surface area contributed by atoms with Crippen molar-refractivity contribution in [3.63, 3.8) is 0 Å². The molecule has 5 nitrogen and oxygen atoms in total. The van der Waals surface area contributed by atoms with Gasteiger partial charge in [0, 0.05) is 6.07 Å². The Labute approximate surface area is 202 Å². The summed E-state index contributed by atoms with van der Waals surface area (Å²) < 4.78 is 55.4. The van der Waals surface area contributed by atoms with Crippen molar-refractivity contribution in [1.82, 2.24) is 9.78 Å². The van der Waals surface area contributed by atoms with Crippen molar-refractivity contribution >= 4 is 23.2 Å². The topological polar surface area (TPSA) is 70.7 Å². The average Bonchev–Trinajstić information content (AvgIpc) is 3.32. The van der Waals surface area contributed by atoms with E-state index in [-0.39, 0.29) is 16.9 Å². The zero-order chi connectivity index (χ0) is 25.2. The molecular weight excluding hydrogens is 484 g/mol. The molecule has 1 aromatic heterocycles. The van der Waals surface area contributed by atoms with E-state index in [0.717, 1.165) is 16.3 Å². The van der Waals surface area contributed by atoms with Crippen molar-refractivity contribution in [3.8, 4) is 11.8 Å². The molecule has 4 aromatic rings. The summed E-state index contributed by atoms with van der Waals surface area (Å²) in [5.74, 6) is -1.83. The second-order valence-corrected chi connectivity index (χ2v) is 7.89. The highest BCUT2D eigenvalue weighted by Crippen LogP contribution is 2.32. The zero-order valence-corrected chi connectivity index (χ0v) is 18.5. The Morgan fingerprint density at radius 1 is 1.00 bits per heavy atom. The van der Waals surface area contributed by atoms with E-state index in [4.69, 9.17) is 16.9 Å². The van der Waals surface area contributed by atoms with Gasteiger partial charge in [0.1, 0.15) is 11.5 Å². The molecule has 176 valence electrons. The molecule has 1 unspecified atom stereocenters. The molecule has 1 N–H and O–H groups in total. The van der Waals surface area contributed by atoms with Crippen LogP contribution in [0.5, 0.6) is 0 Å². The van der Waals surface area contributed by atoms with E-state index in [9.17, 15) is 22.4 Å². The van der Waals surface area contributed by atoms with Crippen LogP contribution in [-0.2, 0) is 6.18 Å². The summed E-state index contributed by atoms with van der Waals surface area (Å²) in [6.45, 7) is 0. The van der Waals surface area contributed by atoms with Crippen molar-refractivity contribution in [2.75, 3.05) is 5.32 Å². The molecular formula is C25H15ClF4N4O. The summed E-state index contributed by atoms with van der Waals surface area (Å²) in [7, 11) is 0. The van der Waals surface area contributed by atoms with E-state index in [2.05, 4.69) is 10.4 Å². The summed E-state index contributed by atoms with van der Waals surface area (Å²) in [6.07, 6.45) is -4.83. The Morgan fingerprint density at radius 3 is 2.43 bits per heavy atom. The summed E-state index contributed by atoms with van der Waals surface area (Å²) in [6, 6.07) is 20.8. The van der Waals surface area contributed by atoms with Gasteiger partial charge >= 0.3 is 6.18 Å². The van der Waals surface area contributed by atoms with E-state index in [1.807, 2.05) is 12.1 Å². The minimum Gasteiger partial charge on any atom is -0.318 e. The van der Waals surface area contributed by atoms with Gasteiger partial charge in [-0.05, 0) is 41.5 Å². The first-order valence-corrected chi connectivity index (χ1v) is 10.6. The highest BCUT2D eigenvalue weighted by molar-refractivity contribution is 6.22. The predicted octanol–water partition coefficient (Wildman–Crippen LogP) is 6.48. The number of nitrogens with zero attached hydrogens (tertiary/aromatic N) is 3. The molecule has 0 saturated carbocycles. The molecule has 0 aliphatic rings. The third-order valence-electron chi connectivity index (χ3n) is 5.08. The lowest BCUT2D eigenvalue weighted by atomic mass is 10.0. The van der Waals surface area contributed by atoms with Gasteiger partial charge in [-0.2, -0.15) is 23.5 Å². The van der Waals surface area contributed by atoms with Crippen LogP contribution in [0.4, 0.5) is 23.2 Å². The van der Waals surface area contributed by atoms with Crippen LogP contribution in [0.3, 0.4) is 0 Å². The van der Waals surface area contributed by atoms with E-state index in [1.165, 1.54) is 36.4 Å². The highest BCUT2D eigenvalue weighted by Gasteiger charge is 2.36. The molecule has 0 aliphatic heterocycles. The predicted molar refractivity (Wildman–Crippen MR) is 122 cm³/mol. The molecule has 3 aromatic carbocycles. The molecule has 0 bridgehead atoms. The van der Waals surface area contributed by atoms with Crippen LogP contribution in [0.2, 0.25) is 0 Å². The second-order valence-electron chi connectivity index (χ2n) is 7.45. The van der Waals surface area contributed by atoms with Crippen molar-refractivity contribution < 1.29 is 22.4 Å². The molecule has 1 atom stereocenters. The van der Waals surface area contributed by atoms with Crippen LogP contribution in [0, 0.1) is 17.1 Å². The number of hydrogen-bond donors (Lipinski definition) is 1. The summed E-state index contributed by atoms with van der Waals surface area (Å²) in [5.41, 5.74) is -0.647. The fourth-order valence-corrected chi connectivity index (χ4v) is 3.66. The smallest absolute Gasteiger partial charge is 0.318 e. The number of rotatable bonds is 5. The van der Waals surface area contributed by atoms with Gasteiger partial charge in [-0.3, -0.25) is 4.79 Å². The summed E-state index contributed by atoms with van der Waals surface area (Å²) >= 11 is 6.50. The third-order valence-corrected chi connectivity index (χ3v) is 5.58. The van der Waals surface area contributed by atoms with Gasteiger partial charge in [0.05, 0.1) is 28.4 Å². The van der Waals surface area contributed by atoms with Crippen LogP contribution in [0.1, 0.15) is 38.2 Å². The molecule has 0 spiro atoms. The maximum absolute atomic E-state index is 14.5. The molecule has 0 aliphatic carbocycles. The largest absolute Gasteiger partial charge is 0.435 e. The van der Waals surface area contributed by atoms with E-state index in [1.54, 1.807) is 24.3 Å². The number of hydrogen-bond acceptors (Lipinski definition) is 3. The lowest BCUT2D eigenvalue weighted by molar-refractivity contribution is -0.141. The number of carbonyl (C=O) groups excluding carboxylic acids is 1. The number of nitriles is 1.